The molecule has 2 saturated carbocycles. The van der Waals surface area contributed by atoms with Gasteiger partial charge in [-0.25, -0.2) is 0 Å². The predicted octanol–water partition coefficient (Wildman–Crippen LogP) is 2.93. The van der Waals surface area contributed by atoms with Crippen LogP contribution in [0.5, 0.6) is 23.0 Å². The molecule has 194 valence electrons. The first kappa shape index (κ1) is 23.6. The number of hydrogen-bond acceptors (Lipinski definition) is 8. The summed E-state index contributed by atoms with van der Waals surface area (Å²) in [5, 5.41) is 4.44. The molecule has 6 unspecified atom stereocenters. The van der Waals surface area contributed by atoms with Crippen LogP contribution in [0.1, 0.15) is 17.5 Å². The molecule has 0 radical (unpaired) electrons. The zero-order valence-electron chi connectivity index (χ0n) is 21.3. The van der Waals surface area contributed by atoms with Gasteiger partial charge in [-0.3, -0.25) is 14.5 Å². The molecular weight excluding hydrogens is 476 g/mol. The van der Waals surface area contributed by atoms with E-state index in [9.17, 15) is 9.59 Å². The maximum atomic E-state index is 13.6. The lowest BCUT2D eigenvalue weighted by Gasteiger charge is -2.30. The van der Waals surface area contributed by atoms with Crippen molar-refractivity contribution in [2.75, 3.05) is 35.0 Å². The van der Waals surface area contributed by atoms with Crippen LogP contribution in [0.15, 0.2) is 41.6 Å². The summed E-state index contributed by atoms with van der Waals surface area (Å²) >= 11 is 0. The minimum atomic E-state index is -0.337. The Kier molecular flexibility index (Phi) is 5.73. The predicted molar refractivity (Wildman–Crippen MR) is 133 cm³/mol. The van der Waals surface area contributed by atoms with E-state index in [0.717, 1.165) is 23.3 Å². The molecule has 2 aliphatic carbocycles. The highest BCUT2D eigenvalue weighted by atomic mass is 16.6. The number of hydrogen-bond donors (Lipinski definition) is 0. The third-order valence-electron chi connectivity index (χ3n) is 8.54. The van der Waals surface area contributed by atoms with E-state index >= 15 is 0 Å². The lowest BCUT2D eigenvalue weighted by molar-refractivity contribution is -0.140. The fraction of sp³-hybridized carbons (Fsp3) is 0.464. The van der Waals surface area contributed by atoms with Crippen LogP contribution in [0.25, 0.3) is 0 Å². The summed E-state index contributed by atoms with van der Waals surface area (Å²) in [7, 11) is 6.39. The molecule has 6 rings (SSSR count). The normalized spacial score (nSPS) is 29.1. The maximum Gasteiger partial charge on any atom is 0.233 e. The molecule has 0 aromatic heterocycles. The monoisotopic (exact) mass is 506 g/mol. The molecule has 2 bridgehead atoms. The zero-order chi connectivity index (χ0) is 25.8. The largest absolute Gasteiger partial charge is 0.497 e. The Hall–Kier alpha value is -3.75. The third-order valence-corrected chi connectivity index (χ3v) is 8.54. The molecule has 4 aliphatic rings. The SMILES string of the molecule is COc1ccc(C2=NOC3C4CC(C23)C2C(=O)N(CCc3ccc(OC)c(OC)c3)C(=O)C42)c(OC)c1. The highest BCUT2D eigenvalue weighted by Gasteiger charge is 2.70. The van der Waals surface area contributed by atoms with Gasteiger partial charge in [0, 0.05) is 30.0 Å². The van der Waals surface area contributed by atoms with Gasteiger partial charge >= 0.3 is 0 Å². The molecule has 2 aromatic rings. The van der Waals surface area contributed by atoms with Crippen molar-refractivity contribution in [3.63, 3.8) is 0 Å². The van der Waals surface area contributed by atoms with Crippen molar-refractivity contribution in [1.29, 1.82) is 0 Å². The second-order valence-electron chi connectivity index (χ2n) is 10.0. The van der Waals surface area contributed by atoms with Crippen LogP contribution in [-0.4, -0.2) is 63.5 Å². The van der Waals surface area contributed by atoms with Crippen LogP contribution in [0.4, 0.5) is 0 Å². The lowest BCUT2D eigenvalue weighted by Crippen LogP contribution is -2.41. The Labute approximate surface area is 215 Å². The third kappa shape index (κ3) is 3.47. The summed E-state index contributed by atoms with van der Waals surface area (Å²) in [5.74, 6) is 1.72. The Morgan fingerprint density at radius 3 is 2.27 bits per heavy atom. The number of benzene rings is 2. The van der Waals surface area contributed by atoms with Crippen LogP contribution in [-0.2, 0) is 20.8 Å². The summed E-state index contributed by atoms with van der Waals surface area (Å²) in [4.78, 5) is 34.5. The number of nitrogens with zero attached hydrogens (tertiary/aromatic N) is 2. The van der Waals surface area contributed by atoms with Gasteiger partial charge in [-0.2, -0.15) is 0 Å². The highest BCUT2D eigenvalue weighted by Crippen LogP contribution is 2.62. The number of fused-ring (bicyclic) bond motifs is 8. The van der Waals surface area contributed by atoms with Crippen molar-refractivity contribution < 1.29 is 33.4 Å². The summed E-state index contributed by atoms with van der Waals surface area (Å²) in [6.07, 6.45) is 1.14. The van der Waals surface area contributed by atoms with E-state index in [0.29, 0.717) is 36.0 Å². The van der Waals surface area contributed by atoms with Crippen molar-refractivity contribution in [3.05, 3.63) is 47.5 Å². The van der Waals surface area contributed by atoms with Gasteiger partial charge in [0.15, 0.2) is 11.5 Å². The smallest absolute Gasteiger partial charge is 0.233 e. The first-order valence-corrected chi connectivity index (χ1v) is 12.5. The van der Waals surface area contributed by atoms with Crippen LogP contribution in [0.3, 0.4) is 0 Å². The van der Waals surface area contributed by atoms with Crippen LogP contribution < -0.4 is 18.9 Å². The number of likely N-dealkylation sites (tertiary alicyclic amines) is 1. The summed E-state index contributed by atoms with van der Waals surface area (Å²) in [6, 6.07) is 11.3. The molecule has 6 atom stereocenters. The van der Waals surface area contributed by atoms with E-state index in [-0.39, 0.29) is 47.5 Å². The summed E-state index contributed by atoms with van der Waals surface area (Å²) in [6.45, 7) is 0.336. The molecule has 3 fully saturated rings. The van der Waals surface area contributed by atoms with Crippen molar-refractivity contribution in [1.82, 2.24) is 4.90 Å². The van der Waals surface area contributed by atoms with Gasteiger partial charge in [0.25, 0.3) is 0 Å². The van der Waals surface area contributed by atoms with E-state index in [1.807, 2.05) is 36.4 Å². The van der Waals surface area contributed by atoms with Gasteiger partial charge in [-0.1, -0.05) is 11.2 Å². The number of carbonyl (C=O) groups is 2. The summed E-state index contributed by atoms with van der Waals surface area (Å²) < 4.78 is 21.6. The molecule has 9 heteroatoms. The van der Waals surface area contributed by atoms with E-state index in [4.69, 9.17) is 23.8 Å². The van der Waals surface area contributed by atoms with E-state index in [2.05, 4.69) is 5.16 Å². The molecule has 0 spiro atoms. The molecule has 9 nitrogen and oxygen atoms in total. The zero-order valence-corrected chi connectivity index (χ0v) is 21.3. The highest BCUT2D eigenvalue weighted by molar-refractivity contribution is 6.09. The Morgan fingerprint density at radius 2 is 1.57 bits per heavy atom. The maximum absolute atomic E-state index is 13.6. The van der Waals surface area contributed by atoms with E-state index in [1.165, 1.54) is 4.90 Å². The number of imide groups is 1. The van der Waals surface area contributed by atoms with Gasteiger partial charge in [-0.05, 0) is 48.6 Å². The number of ether oxygens (including phenoxy) is 4. The first-order chi connectivity index (χ1) is 18.0. The minimum Gasteiger partial charge on any atom is -0.497 e. The molecule has 1 saturated heterocycles. The Balaban J connectivity index is 1.22. The molecular formula is C28H30N2O7. The van der Waals surface area contributed by atoms with E-state index < -0.39 is 0 Å². The second kappa shape index (κ2) is 8.97. The quantitative estimate of drug-likeness (QED) is 0.508. The number of methoxy groups -OCH3 is 4. The average molecular weight is 507 g/mol. The minimum absolute atomic E-state index is 0.00980. The first-order valence-electron chi connectivity index (χ1n) is 12.5. The lowest BCUT2D eigenvalue weighted by atomic mass is 9.71. The molecule has 0 N–H and O–H groups in total. The van der Waals surface area contributed by atoms with Gasteiger partial charge in [0.05, 0.1) is 46.0 Å². The van der Waals surface area contributed by atoms with Crippen molar-refractivity contribution in [2.45, 2.75) is 18.9 Å². The van der Waals surface area contributed by atoms with Gasteiger partial charge in [0.1, 0.15) is 17.6 Å². The molecule has 2 aromatic carbocycles. The fourth-order valence-electron chi connectivity index (χ4n) is 6.92. The van der Waals surface area contributed by atoms with E-state index in [1.54, 1.807) is 28.4 Å². The number of oxime groups is 1. The Bertz CT molecular complexity index is 1290. The topological polar surface area (TPSA) is 95.9 Å². The molecule has 2 aliphatic heterocycles. The average Bonchev–Trinajstić information content (AvgIpc) is 3.67. The van der Waals surface area contributed by atoms with Crippen molar-refractivity contribution in [2.24, 2.45) is 34.7 Å². The van der Waals surface area contributed by atoms with Crippen LogP contribution in [0, 0.1) is 29.6 Å². The van der Waals surface area contributed by atoms with Crippen molar-refractivity contribution >= 4 is 17.5 Å². The van der Waals surface area contributed by atoms with Crippen LogP contribution in [0.2, 0.25) is 0 Å². The molecule has 2 amide bonds. The van der Waals surface area contributed by atoms with Gasteiger partial charge < -0.3 is 23.8 Å². The second-order valence-corrected chi connectivity index (χ2v) is 10.0. The number of carbonyl (C=O) groups excluding carboxylic acids is 2. The van der Waals surface area contributed by atoms with Gasteiger partial charge in [-0.15, -0.1) is 0 Å². The molecule has 37 heavy (non-hydrogen) atoms. The number of amides is 2. The summed E-state index contributed by atoms with van der Waals surface area (Å²) in [5.41, 5.74) is 2.60. The Morgan fingerprint density at radius 1 is 0.838 bits per heavy atom. The van der Waals surface area contributed by atoms with Crippen LogP contribution >= 0.6 is 0 Å². The van der Waals surface area contributed by atoms with Crippen molar-refractivity contribution in [3.8, 4) is 23.0 Å². The van der Waals surface area contributed by atoms with Gasteiger partial charge in [0.2, 0.25) is 11.8 Å². The number of rotatable bonds is 8. The molecule has 2 heterocycles. The fourth-order valence-corrected chi connectivity index (χ4v) is 6.92. The standard InChI is InChI=1S/C28H30N2O7/c1-33-15-6-7-16(20(12-15)35-3)25-24-17-13-18(26(24)37-29-25)23-22(17)27(31)30(28(23)32)10-9-14-5-8-19(34-2)21(11-14)36-4/h5-8,11-12,17-18,22-24,26H,9-10,13H2,1-4H3.